The zero-order valence-electron chi connectivity index (χ0n) is 9.53. The van der Waals surface area contributed by atoms with Crippen LogP contribution in [0.1, 0.15) is 5.69 Å². The molecule has 0 aliphatic rings. The molecule has 0 aromatic carbocycles. The van der Waals surface area contributed by atoms with Gasteiger partial charge in [-0.1, -0.05) is 0 Å². The van der Waals surface area contributed by atoms with Crippen LogP contribution >= 0.6 is 0 Å². The number of amides is 2. The Kier molecular flexibility index (Phi) is 4.49. The lowest BCUT2D eigenvalue weighted by Crippen LogP contribution is -2.33. The number of aliphatic hydroxyl groups is 1. The number of nitrogens with one attached hydrogen (secondary N) is 1. The molecule has 1 aromatic rings. The SMILES string of the molecule is CN(CCO)C(=O)Nc1ccc(C(F)(F)F)nc1. The van der Waals surface area contributed by atoms with Gasteiger partial charge in [-0.25, -0.2) is 9.78 Å². The summed E-state index contributed by atoms with van der Waals surface area (Å²) in [6, 6.07) is 1.35. The van der Waals surface area contributed by atoms with E-state index in [0.717, 1.165) is 18.3 Å². The van der Waals surface area contributed by atoms with Crippen LogP contribution in [-0.4, -0.2) is 41.2 Å². The lowest BCUT2D eigenvalue weighted by atomic mass is 10.3. The third-order valence-corrected chi connectivity index (χ3v) is 2.09. The largest absolute Gasteiger partial charge is 0.433 e. The van der Waals surface area contributed by atoms with Gasteiger partial charge in [-0.3, -0.25) is 0 Å². The quantitative estimate of drug-likeness (QED) is 0.869. The van der Waals surface area contributed by atoms with Crippen LogP contribution in [0.3, 0.4) is 0 Å². The summed E-state index contributed by atoms with van der Waals surface area (Å²) >= 11 is 0. The number of carbonyl (C=O) groups excluding carboxylic acids is 1. The number of rotatable bonds is 3. The van der Waals surface area contributed by atoms with Gasteiger partial charge in [0.15, 0.2) is 0 Å². The van der Waals surface area contributed by atoms with Crippen LogP contribution in [0.5, 0.6) is 0 Å². The molecule has 0 fully saturated rings. The van der Waals surface area contributed by atoms with Gasteiger partial charge in [0.05, 0.1) is 18.5 Å². The molecule has 0 radical (unpaired) electrons. The number of hydrogen-bond acceptors (Lipinski definition) is 3. The predicted octanol–water partition coefficient (Wildman–Crippen LogP) is 1.56. The fourth-order valence-corrected chi connectivity index (χ4v) is 1.11. The van der Waals surface area contributed by atoms with Gasteiger partial charge in [0.2, 0.25) is 0 Å². The molecule has 2 N–H and O–H groups in total. The molecule has 0 atom stereocenters. The number of nitrogens with zero attached hydrogens (tertiary/aromatic N) is 2. The van der Waals surface area contributed by atoms with E-state index < -0.39 is 17.9 Å². The maximum Gasteiger partial charge on any atom is 0.433 e. The standard InChI is InChI=1S/C10H12F3N3O2/c1-16(4-5-17)9(18)15-7-2-3-8(14-6-7)10(11,12)13/h2-3,6,17H,4-5H2,1H3,(H,15,18). The topological polar surface area (TPSA) is 65.5 Å². The Labute approximate surface area is 101 Å². The van der Waals surface area contributed by atoms with E-state index >= 15 is 0 Å². The number of urea groups is 1. The van der Waals surface area contributed by atoms with Crippen LogP contribution < -0.4 is 5.32 Å². The van der Waals surface area contributed by atoms with Crippen molar-refractivity contribution in [3.05, 3.63) is 24.0 Å². The molecule has 0 unspecified atom stereocenters. The lowest BCUT2D eigenvalue weighted by Gasteiger charge is -2.16. The maximum absolute atomic E-state index is 12.2. The molecule has 100 valence electrons. The summed E-state index contributed by atoms with van der Waals surface area (Å²) in [6.45, 7) is -0.0743. The van der Waals surface area contributed by atoms with Crippen molar-refractivity contribution in [3.8, 4) is 0 Å². The smallest absolute Gasteiger partial charge is 0.395 e. The molecule has 1 heterocycles. The second-order valence-corrected chi connectivity index (χ2v) is 3.51. The van der Waals surface area contributed by atoms with Gasteiger partial charge in [-0.05, 0) is 12.1 Å². The van der Waals surface area contributed by atoms with Crippen molar-refractivity contribution < 1.29 is 23.1 Å². The average Bonchev–Trinajstić information content (AvgIpc) is 2.28. The third-order valence-electron chi connectivity index (χ3n) is 2.09. The maximum atomic E-state index is 12.2. The molecular formula is C10H12F3N3O2. The summed E-state index contributed by atoms with van der Waals surface area (Å²) in [4.78, 5) is 15.8. The van der Waals surface area contributed by atoms with Crippen LogP contribution in [0, 0.1) is 0 Å². The summed E-state index contributed by atoms with van der Waals surface area (Å²) in [5.41, 5.74) is -0.873. The zero-order chi connectivity index (χ0) is 13.8. The molecule has 1 aromatic heterocycles. The average molecular weight is 263 g/mol. The molecule has 0 bridgehead atoms. The van der Waals surface area contributed by atoms with Crippen molar-refractivity contribution in [1.29, 1.82) is 0 Å². The van der Waals surface area contributed by atoms with E-state index in [4.69, 9.17) is 5.11 Å². The Morgan fingerprint density at radius 3 is 2.61 bits per heavy atom. The van der Waals surface area contributed by atoms with Crippen molar-refractivity contribution in [2.75, 3.05) is 25.5 Å². The molecule has 0 spiro atoms. The number of carbonyl (C=O) groups is 1. The number of pyridine rings is 1. The second-order valence-electron chi connectivity index (χ2n) is 3.51. The molecule has 0 saturated heterocycles. The highest BCUT2D eigenvalue weighted by molar-refractivity contribution is 5.88. The highest BCUT2D eigenvalue weighted by Gasteiger charge is 2.32. The normalized spacial score (nSPS) is 11.2. The number of likely N-dealkylation sites (N-methyl/N-ethyl adjacent to an activating group) is 1. The van der Waals surface area contributed by atoms with Gasteiger partial charge in [0.1, 0.15) is 5.69 Å². The predicted molar refractivity (Wildman–Crippen MR) is 58.0 cm³/mol. The van der Waals surface area contributed by atoms with E-state index in [2.05, 4.69) is 10.3 Å². The first-order chi connectivity index (χ1) is 8.34. The van der Waals surface area contributed by atoms with Crippen LogP contribution in [0.15, 0.2) is 18.3 Å². The molecule has 2 amide bonds. The van der Waals surface area contributed by atoms with Gasteiger partial charge in [0.25, 0.3) is 0 Å². The van der Waals surface area contributed by atoms with E-state index in [1.165, 1.54) is 11.9 Å². The number of hydrogen-bond donors (Lipinski definition) is 2. The van der Waals surface area contributed by atoms with Gasteiger partial charge in [-0.2, -0.15) is 13.2 Å². The number of alkyl halides is 3. The molecule has 5 nitrogen and oxygen atoms in total. The second kappa shape index (κ2) is 5.67. The third kappa shape index (κ3) is 3.88. The van der Waals surface area contributed by atoms with Crippen LogP contribution in [0.4, 0.5) is 23.7 Å². The van der Waals surface area contributed by atoms with Gasteiger partial charge in [-0.15, -0.1) is 0 Å². The van der Waals surface area contributed by atoms with E-state index in [9.17, 15) is 18.0 Å². The fraction of sp³-hybridized carbons (Fsp3) is 0.400. The number of halogens is 3. The van der Waals surface area contributed by atoms with Crippen LogP contribution in [0.25, 0.3) is 0 Å². The summed E-state index contributed by atoms with van der Waals surface area (Å²) in [5, 5.41) is 11.0. The van der Waals surface area contributed by atoms with Crippen molar-refractivity contribution in [2.24, 2.45) is 0 Å². The first kappa shape index (κ1) is 14.2. The molecule has 8 heteroatoms. The van der Waals surface area contributed by atoms with Crippen LogP contribution in [0.2, 0.25) is 0 Å². The van der Waals surface area contributed by atoms with Crippen molar-refractivity contribution in [1.82, 2.24) is 9.88 Å². The summed E-state index contributed by atoms with van der Waals surface area (Å²) in [6.07, 6.45) is -3.58. The van der Waals surface area contributed by atoms with Crippen molar-refractivity contribution in [3.63, 3.8) is 0 Å². The number of aromatic nitrogens is 1. The molecule has 1 rings (SSSR count). The van der Waals surface area contributed by atoms with E-state index in [1.54, 1.807) is 0 Å². The zero-order valence-corrected chi connectivity index (χ0v) is 9.53. The highest BCUT2D eigenvalue weighted by Crippen LogP contribution is 2.27. The Morgan fingerprint density at radius 1 is 1.50 bits per heavy atom. The fourth-order valence-electron chi connectivity index (χ4n) is 1.11. The minimum atomic E-state index is -4.50. The lowest BCUT2D eigenvalue weighted by molar-refractivity contribution is -0.141. The monoisotopic (exact) mass is 263 g/mol. The number of aliphatic hydroxyl groups excluding tert-OH is 1. The van der Waals surface area contributed by atoms with Gasteiger partial charge >= 0.3 is 12.2 Å². The summed E-state index contributed by atoms with van der Waals surface area (Å²) < 4.78 is 36.7. The van der Waals surface area contributed by atoms with E-state index in [-0.39, 0.29) is 18.8 Å². The summed E-state index contributed by atoms with van der Waals surface area (Å²) in [5.74, 6) is 0. The Bertz CT molecular complexity index is 406. The Morgan fingerprint density at radius 2 is 2.17 bits per heavy atom. The van der Waals surface area contributed by atoms with Crippen molar-refractivity contribution in [2.45, 2.75) is 6.18 Å². The molecular weight excluding hydrogens is 251 g/mol. The van der Waals surface area contributed by atoms with E-state index in [1.807, 2.05) is 0 Å². The van der Waals surface area contributed by atoms with Gasteiger partial charge < -0.3 is 15.3 Å². The molecule has 18 heavy (non-hydrogen) atoms. The van der Waals surface area contributed by atoms with Crippen molar-refractivity contribution >= 4 is 11.7 Å². The highest BCUT2D eigenvalue weighted by atomic mass is 19.4. The minimum Gasteiger partial charge on any atom is -0.395 e. The van der Waals surface area contributed by atoms with Crippen LogP contribution in [-0.2, 0) is 6.18 Å². The summed E-state index contributed by atoms with van der Waals surface area (Å²) in [7, 11) is 1.45. The van der Waals surface area contributed by atoms with E-state index in [0.29, 0.717) is 0 Å². The molecule has 0 saturated carbocycles. The Balaban J connectivity index is 2.67. The first-order valence-electron chi connectivity index (χ1n) is 5.01. The molecule has 0 aliphatic heterocycles. The minimum absolute atomic E-state index is 0.125. The number of anilines is 1. The van der Waals surface area contributed by atoms with Gasteiger partial charge in [0, 0.05) is 13.6 Å². The molecule has 0 aliphatic carbocycles. The first-order valence-corrected chi connectivity index (χ1v) is 5.01. The Hall–Kier alpha value is -1.83.